The summed E-state index contributed by atoms with van der Waals surface area (Å²) in [6.45, 7) is 10.3. The zero-order valence-electron chi connectivity index (χ0n) is 15.5. The van der Waals surface area contributed by atoms with Crippen LogP contribution in [0.1, 0.15) is 45.2 Å². The van der Waals surface area contributed by atoms with Gasteiger partial charge in [0.25, 0.3) is 5.91 Å². The van der Waals surface area contributed by atoms with Crippen LogP contribution in [0, 0.1) is 6.92 Å². The molecule has 2 aromatic carbocycles. The average Bonchev–Trinajstić information content (AvgIpc) is 2.56. The number of amides is 1. The third kappa shape index (κ3) is 4.99. The molecule has 1 N–H and O–H groups in total. The van der Waals surface area contributed by atoms with Crippen LogP contribution < -0.4 is 10.1 Å². The van der Waals surface area contributed by atoms with E-state index in [4.69, 9.17) is 16.3 Å². The van der Waals surface area contributed by atoms with Gasteiger partial charge in [-0.2, -0.15) is 0 Å². The van der Waals surface area contributed by atoms with E-state index in [1.54, 1.807) is 6.07 Å². The van der Waals surface area contributed by atoms with Crippen LogP contribution in [0.3, 0.4) is 0 Å². The van der Waals surface area contributed by atoms with Crippen molar-refractivity contribution in [2.75, 3.05) is 5.32 Å². The molecule has 1 amide bonds. The molecule has 0 aromatic heterocycles. The van der Waals surface area contributed by atoms with E-state index in [2.05, 4.69) is 26.1 Å². The second-order valence-electron chi connectivity index (χ2n) is 7.19. The predicted octanol–water partition coefficient (Wildman–Crippen LogP) is 5.74. The molecule has 0 aliphatic rings. The van der Waals surface area contributed by atoms with Crippen LogP contribution in [0.2, 0.25) is 5.02 Å². The van der Waals surface area contributed by atoms with Gasteiger partial charge in [0.05, 0.1) is 0 Å². The summed E-state index contributed by atoms with van der Waals surface area (Å²) >= 11 is 6.11. The molecule has 0 spiro atoms. The minimum absolute atomic E-state index is 0.0875. The zero-order chi connectivity index (χ0) is 18.6. The van der Waals surface area contributed by atoms with Gasteiger partial charge in [-0.3, -0.25) is 4.79 Å². The highest BCUT2D eigenvalue weighted by Crippen LogP contribution is 2.26. The number of carbonyl (C=O) groups excluding carboxylic acids is 1. The fraction of sp³-hybridized carbons (Fsp3) is 0.381. The molecule has 2 rings (SSSR count). The van der Waals surface area contributed by atoms with Crippen LogP contribution in [0.4, 0.5) is 5.69 Å². The predicted molar refractivity (Wildman–Crippen MR) is 105 cm³/mol. The second-order valence-corrected chi connectivity index (χ2v) is 7.60. The molecule has 0 radical (unpaired) electrons. The first kappa shape index (κ1) is 19.3. The van der Waals surface area contributed by atoms with Crippen molar-refractivity contribution in [2.24, 2.45) is 0 Å². The molecule has 0 aliphatic carbocycles. The van der Waals surface area contributed by atoms with Crippen molar-refractivity contribution < 1.29 is 9.53 Å². The Labute approximate surface area is 155 Å². The van der Waals surface area contributed by atoms with Crippen LogP contribution in [0.25, 0.3) is 0 Å². The van der Waals surface area contributed by atoms with Crippen LogP contribution in [-0.4, -0.2) is 12.0 Å². The number of halogens is 1. The van der Waals surface area contributed by atoms with Crippen LogP contribution in [0.5, 0.6) is 5.75 Å². The Morgan fingerprint density at radius 2 is 1.80 bits per heavy atom. The zero-order valence-corrected chi connectivity index (χ0v) is 16.3. The molecule has 0 aliphatic heterocycles. The third-order valence-corrected chi connectivity index (χ3v) is 4.60. The van der Waals surface area contributed by atoms with Crippen molar-refractivity contribution in [1.29, 1.82) is 0 Å². The highest BCUT2D eigenvalue weighted by molar-refractivity contribution is 6.31. The Kier molecular flexibility index (Phi) is 6.12. The van der Waals surface area contributed by atoms with Gasteiger partial charge in [-0.05, 0) is 54.2 Å². The van der Waals surface area contributed by atoms with Crippen molar-refractivity contribution in [3.8, 4) is 5.75 Å². The summed E-state index contributed by atoms with van der Waals surface area (Å²) in [7, 11) is 0. The van der Waals surface area contributed by atoms with Gasteiger partial charge in [0.15, 0.2) is 6.10 Å². The van der Waals surface area contributed by atoms with Crippen molar-refractivity contribution in [2.45, 2.75) is 52.6 Å². The van der Waals surface area contributed by atoms with E-state index in [0.29, 0.717) is 22.9 Å². The highest BCUT2D eigenvalue weighted by Gasteiger charge is 2.20. The van der Waals surface area contributed by atoms with Gasteiger partial charge in [0, 0.05) is 10.7 Å². The minimum Gasteiger partial charge on any atom is -0.481 e. The fourth-order valence-electron chi connectivity index (χ4n) is 2.48. The molecule has 0 heterocycles. The lowest BCUT2D eigenvalue weighted by molar-refractivity contribution is -0.122. The van der Waals surface area contributed by atoms with E-state index >= 15 is 0 Å². The van der Waals surface area contributed by atoms with Crippen LogP contribution >= 0.6 is 11.6 Å². The number of hydrogen-bond donors (Lipinski definition) is 1. The standard InChI is InChI=1S/C21H26ClNO2/c1-6-19(20(24)23-18-9-7-8-17(22)14(18)2)25-16-12-10-15(11-13-16)21(3,4)5/h7-13,19H,6H2,1-5H3,(H,23,24). The number of carbonyl (C=O) groups is 1. The molecule has 25 heavy (non-hydrogen) atoms. The molecular formula is C21H26ClNO2. The lowest BCUT2D eigenvalue weighted by Gasteiger charge is -2.21. The number of nitrogens with one attached hydrogen (secondary N) is 1. The van der Waals surface area contributed by atoms with Gasteiger partial charge >= 0.3 is 0 Å². The van der Waals surface area contributed by atoms with Gasteiger partial charge in [-0.15, -0.1) is 0 Å². The maximum absolute atomic E-state index is 12.6. The summed E-state index contributed by atoms with van der Waals surface area (Å²) in [6.07, 6.45) is 0.0193. The Hall–Kier alpha value is -2.00. The molecule has 0 bridgehead atoms. The molecule has 134 valence electrons. The minimum atomic E-state index is -0.557. The van der Waals surface area contributed by atoms with E-state index in [1.807, 2.05) is 50.2 Å². The molecule has 3 nitrogen and oxygen atoms in total. The highest BCUT2D eigenvalue weighted by atomic mass is 35.5. The maximum Gasteiger partial charge on any atom is 0.265 e. The Bertz CT molecular complexity index is 733. The molecule has 1 atom stereocenters. The van der Waals surface area contributed by atoms with Gasteiger partial charge in [-0.25, -0.2) is 0 Å². The first-order valence-corrected chi connectivity index (χ1v) is 8.93. The summed E-state index contributed by atoms with van der Waals surface area (Å²) < 4.78 is 5.89. The first-order chi connectivity index (χ1) is 11.7. The molecule has 0 saturated carbocycles. The van der Waals surface area contributed by atoms with Crippen molar-refractivity contribution in [3.05, 3.63) is 58.6 Å². The number of benzene rings is 2. The fourth-order valence-corrected chi connectivity index (χ4v) is 2.65. The molecule has 2 aromatic rings. The molecule has 4 heteroatoms. The third-order valence-electron chi connectivity index (χ3n) is 4.19. The Morgan fingerprint density at radius 1 is 1.16 bits per heavy atom. The SMILES string of the molecule is CCC(Oc1ccc(C(C)(C)C)cc1)C(=O)Nc1cccc(Cl)c1C. The van der Waals surface area contributed by atoms with Crippen molar-refractivity contribution in [1.82, 2.24) is 0 Å². The van der Waals surface area contributed by atoms with Crippen molar-refractivity contribution in [3.63, 3.8) is 0 Å². The molecule has 0 fully saturated rings. The average molecular weight is 360 g/mol. The van der Waals surface area contributed by atoms with E-state index in [1.165, 1.54) is 5.56 Å². The summed E-state index contributed by atoms with van der Waals surface area (Å²) in [6, 6.07) is 13.4. The number of anilines is 1. The number of ether oxygens (including phenoxy) is 1. The van der Waals surface area contributed by atoms with E-state index in [-0.39, 0.29) is 11.3 Å². The van der Waals surface area contributed by atoms with Gasteiger partial charge < -0.3 is 10.1 Å². The first-order valence-electron chi connectivity index (χ1n) is 8.55. The summed E-state index contributed by atoms with van der Waals surface area (Å²) in [5, 5.41) is 3.54. The van der Waals surface area contributed by atoms with E-state index < -0.39 is 6.10 Å². The maximum atomic E-state index is 12.6. The normalized spacial score (nSPS) is 12.6. The number of hydrogen-bond acceptors (Lipinski definition) is 2. The lowest BCUT2D eigenvalue weighted by atomic mass is 9.87. The Morgan fingerprint density at radius 3 is 2.36 bits per heavy atom. The molecular weight excluding hydrogens is 334 g/mol. The van der Waals surface area contributed by atoms with Gasteiger partial charge in [0.2, 0.25) is 0 Å². The topological polar surface area (TPSA) is 38.3 Å². The lowest BCUT2D eigenvalue weighted by Crippen LogP contribution is -2.32. The number of rotatable bonds is 5. The largest absolute Gasteiger partial charge is 0.481 e. The monoisotopic (exact) mass is 359 g/mol. The summed E-state index contributed by atoms with van der Waals surface area (Å²) in [4.78, 5) is 12.6. The van der Waals surface area contributed by atoms with E-state index in [9.17, 15) is 4.79 Å². The van der Waals surface area contributed by atoms with Crippen LogP contribution in [-0.2, 0) is 10.2 Å². The Balaban J connectivity index is 2.09. The summed E-state index contributed by atoms with van der Waals surface area (Å²) in [5.74, 6) is 0.519. The van der Waals surface area contributed by atoms with Crippen LogP contribution in [0.15, 0.2) is 42.5 Å². The molecule has 1 unspecified atom stereocenters. The summed E-state index contributed by atoms with van der Waals surface area (Å²) in [5.41, 5.74) is 2.88. The van der Waals surface area contributed by atoms with Crippen molar-refractivity contribution >= 4 is 23.2 Å². The smallest absolute Gasteiger partial charge is 0.265 e. The quantitative estimate of drug-likeness (QED) is 0.738. The van der Waals surface area contributed by atoms with Gasteiger partial charge in [-0.1, -0.05) is 57.5 Å². The van der Waals surface area contributed by atoms with E-state index in [0.717, 1.165) is 5.56 Å². The van der Waals surface area contributed by atoms with Gasteiger partial charge in [0.1, 0.15) is 5.75 Å². The molecule has 0 saturated heterocycles. The second kappa shape index (κ2) is 7.92.